The Labute approximate surface area is 122 Å². The highest BCUT2D eigenvalue weighted by atomic mass is 32.1. The average Bonchev–Trinajstić information content (AvgIpc) is 2.98. The van der Waals surface area contributed by atoms with Gasteiger partial charge in [0.2, 0.25) is 0 Å². The van der Waals surface area contributed by atoms with Crippen LogP contribution in [0.5, 0.6) is 0 Å². The van der Waals surface area contributed by atoms with Crippen molar-refractivity contribution in [3.05, 3.63) is 45.8 Å². The van der Waals surface area contributed by atoms with Crippen molar-refractivity contribution < 1.29 is 4.79 Å². The van der Waals surface area contributed by atoms with Crippen LogP contribution in [0.4, 0.5) is 5.82 Å². The van der Waals surface area contributed by atoms with E-state index in [2.05, 4.69) is 10.4 Å². The maximum atomic E-state index is 12.4. The fraction of sp³-hybridized carbons (Fsp3) is 0.286. The topological polar surface area (TPSA) is 71.2 Å². The molecule has 0 atom stereocenters. The number of hydrogen-bond donors (Lipinski definition) is 2. The van der Waals surface area contributed by atoms with Gasteiger partial charge in [-0.2, -0.15) is 11.3 Å². The van der Waals surface area contributed by atoms with E-state index in [9.17, 15) is 4.79 Å². The van der Waals surface area contributed by atoms with E-state index in [0.29, 0.717) is 17.9 Å². The molecule has 0 aliphatic heterocycles. The molecule has 0 aromatic carbocycles. The van der Waals surface area contributed by atoms with Crippen LogP contribution in [0.2, 0.25) is 0 Å². The molecule has 0 aliphatic rings. The first-order chi connectivity index (χ1) is 9.63. The van der Waals surface area contributed by atoms with E-state index in [-0.39, 0.29) is 5.91 Å². The molecule has 0 fully saturated rings. The number of hydrazine groups is 1. The molecule has 0 radical (unpaired) electrons. The molecule has 5 nitrogen and oxygen atoms in total. The summed E-state index contributed by atoms with van der Waals surface area (Å²) in [5.74, 6) is 5.87. The predicted molar refractivity (Wildman–Crippen MR) is 81.5 cm³/mol. The Morgan fingerprint density at radius 2 is 2.30 bits per heavy atom. The summed E-state index contributed by atoms with van der Waals surface area (Å²) in [6.45, 7) is 2.59. The summed E-state index contributed by atoms with van der Waals surface area (Å²) in [6.07, 6.45) is 0.754. The van der Waals surface area contributed by atoms with E-state index >= 15 is 0 Å². The van der Waals surface area contributed by atoms with Crippen molar-refractivity contribution in [3.63, 3.8) is 0 Å². The van der Waals surface area contributed by atoms with Gasteiger partial charge in [-0.1, -0.05) is 6.92 Å². The number of thiophene rings is 1. The number of nitrogen functional groups attached to an aromatic ring is 1. The number of carbonyl (C=O) groups excluding carboxylic acids is 1. The second kappa shape index (κ2) is 6.49. The minimum Gasteiger partial charge on any atom is -0.337 e. The molecule has 1 amide bonds. The second-order valence-electron chi connectivity index (χ2n) is 4.52. The van der Waals surface area contributed by atoms with E-state index in [4.69, 9.17) is 5.84 Å². The normalized spacial score (nSPS) is 10.3. The van der Waals surface area contributed by atoms with Crippen molar-refractivity contribution in [1.29, 1.82) is 0 Å². The third kappa shape index (κ3) is 3.34. The van der Waals surface area contributed by atoms with Gasteiger partial charge < -0.3 is 10.3 Å². The zero-order chi connectivity index (χ0) is 14.5. The molecule has 0 spiro atoms. The third-order valence-electron chi connectivity index (χ3n) is 2.98. The highest BCUT2D eigenvalue weighted by Crippen LogP contribution is 2.15. The van der Waals surface area contributed by atoms with Crippen LogP contribution in [0.15, 0.2) is 29.0 Å². The van der Waals surface area contributed by atoms with Crippen LogP contribution in [-0.4, -0.2) is 22.8 Å². The average molecular weight is 290 g/mol. The Balaban J connectivity index is 2.19. The Bertz CT molecular complexity index is 561. The lowest BCUT2D eigenvalue weighted by molar-refractivity contribution is 0.0785. The van der Waals surface area contributed by atoms with E-state index in [1.807, 2.05) is 29.8 Å². The fourth-order valence-corrected chi connectivity index (χ4v) is 2.57. The first-order valence-electron chi connectivity index (χ1n) is 6.38. The number of pyridine rings is 1. The van der Waals surface area contributed by atoms with Gasteiger partial charge in [-0.3, -0.25) is 4.79 Å². The van der Waals surface area contributed by atoms with E-state index < -0.39 is 0 Å². The summed E-state index contributed by atoms with van der Waals surface area (Å²) in [4.78, 5) is 18.4. The Morgan fingerprint density at radius 1 is 1.50 bits per heavy atom. The summed E-state index contributed by atoms with van der Waals surface area (Å²) in [7, 11) is 1.79. The molecule has 2 rings (SSSR count). The monoisotopic (exact) mass is 290 g/mol. The van der Waals surface area contributed by atoms with Gasteiger partial charge in [-0.25, -0.2) is 10.8 Å². The van der Waals surface area contributed by atoms with Crippen LogP contribution in [0.25, 0.3) is 0 Å². The number of hydrogen-bond acceptors (Lipinski definition) is 5. The lowest BCUT2D eigenvalue weighted by Crippen LogP contribution is -2.26. The Morgan fingerprint density at radius 3 is 2.90 bits per heavy atom. The van der Waals surface area contributed by atoms with Crippen molar-refractivity contribution in [2.75, 3.05) is 12.5 Å². The Kier molecular flexibility index (Phi) is 4.70. The molecular formula is C14H18N4OS. The van der Waals surface area contributed by atoms with Gasteiger partial charge in [0.05, 0.1) is 0 Å². The van der Waals surface area contributed by atoms with Crippen LogP contribution < -0.4 is 11.3 Å². The second-order valence-corrected chi connectivity index (χ2v) is 5.30. The molecule has 0 saturated carbocycles. The molecule has 0 unspecified atom stereocenters. The predicted octanol–water partition coefficient (Wildman–Crippen LogP) is 2.26. The van der Waals surface area contributed by atoms with Crippen LogP contribution in [0, 0.1) is 0 Å². The maximum Gasteiger partial charge on any atom is 0.254 e. The van der Waals surface area contributed by atoms with Gasteiger partial charge in [0, 0.05) is 24.8 Å². The molecule has 2 aromatic heterocycles. The molecule has 6 heteroatoms. The van der Waals surface area contributed by atoms with E-state index in [1.165, 1.54) is 0 Å². The number of aryl methyl sites for hydroxylation is 1. The van der Waals surface area contributed by atoms with Crippen LogP contribution in [-0.2, 0) is 13.0 Å². The van der Waals surface area contributed by atoms with Gasteiger partial charge in [0.25, 0.3) is 5.91 Å². The molecule has 0 saturated heterocycles. The lowest BCUT2D eigenvalue weighted by Gasteiger charge is -2.17. The Hall–Kier alpha value is -1.92. The summed E-state index contributed by atoms with van der Waals surface area (Å²) in [5, 5.41) is 4.05. The minimum absolute atomic E-state index is 0.0372. The van der Waals surface area contributed by atoms with Crippen molar-refractivity contribution in [3.8, 4) is 0 Å². The van der Waals surface area contributed by atoms with Crippen molar-refractivity contribution >= 4 is 23.1 Å². The number of aromatic nitrogens is 1. The van der Waals surface area contributed by atoms with Gasteiger partial charge in [-0.05, 0) is 40.9 Å². The maximum absolute atomic E-state index is 12.4. The standard InChI is InChI=1S/C14H18N4OS/c1-3-12-6-11(7-13(16-12)17-15)14(19)18(2)8-10-4-5-20-9-10/h4-7,9H,3,8,15H2,1-2H3,(H,16,17). The zero-order valence-corrected chi connectivity index (χ0v) is 12.4. The molecule has 3 N–H and O–H groups in total. The van der Waals surface area contributed by atoms with Gasteiger partial charge in [0.1, 0.15) is 5.82 Å². The van der Waals surface area contributed by atoms with Gasteiger partial charge in [0.15, 0.2) is 0 Å². The first-order valence-corrected chi connectivity index (χ1v) is 7.32. The molecule has 2 heterocycles. The molecule has 0 aliphatic carbocycles. The molecule has 106 valence electrons. The highest BCUT2D eigenvalue weighted by Gasteiger charge is 2.14. The summed E-state index contributed by atoms with van der Waals surface area (Å²) < 4.78 is 0. The van der Waals surface area contributed by atoms with E-state index in [0.717, 1.165) is 17.7 Å². The number of rotatable bonds is 5. The molecule has 20 heavy (non-hydrogen) atoms. The minimum atomic E-state index is -0.0372. The highest BCUT2D eigenvalue weighted by molar-refractivity contribution is 7.07. The lowest BCUT2D eigenvalue weighted by atomic mass is 10.1. The van der Waals surface area contributed by atoms with Crippen molar-refractivity contribution in [1.82, 2.24) is 9.88 Å². The summed E-state index contributed by atoms with van der Waals surface area (Å²) >= 11 is 1.63. The largest absolute Gasteiger partial charge is 0.337 e. The number of anilines is 1. The number of nitrogens with two attached hydrogens (primary N) is 1. The summed E-state index contributed by atoms with van der Waals surface area (Å²) in [5.41, 5.74) is 5.07. The number of carbonyl (C=O) groups is 1. The number of nitrogens with one attached hydrogen (secondary N) is 1. The van der Waals surface area contributed by atoms with Crippen LogP contribution in [0.3, 0.4) is 0 Å². The fourth-order valence-electron chi connectivity index (χ4n) is 1.91. The zero-order valence-electron chi connectivity index (χ0n) is 11.6. The quantitative estimate of drug-likeness (QED) is 0.654. The number of amides is 1. The van der Waals surface area contributed by atoms with Crippen molar-refractivity contribution in [2.45, 2.75) is 19.9 Å². The molecular weight excluding hydrogens is 272 g/mol. The van der Waals surface area contributed by atoms with Crippen LogP contribution in [0.1, 0.15) is 28.5 Å². The summed E-state index contributed by atoms with van der Waals surface area (Å²) in [6, 6.07) is 5.50. The van der Waals surface area contributed by atoms with E-state index in [1.54, 1.807) is 29.4 Å². The number of nitrogens with zero attached hydrogens (tertiary/aromatic N) is 2. The van der Waals surface area contributed by atoms with Gasteiger partial charge >= 0.3 is 0 Å². The third-order valence-corrected chi connectivity index (χ3v) is 3.71. The smallest absolute Gasteiger partial charge is 0.254 e. The molecule has 2 aromatic rings. The van der Waals surface area contributed by atoms with Gasteiger partial charge in [-0.15, -0.1) is 0 Å². The first kappa shape index (κ1) is 14.5. The molecule has 0 bridgehead atoms. The van der Waals surface area contributed by atoms with Crippen molar-refractivity contribution in [2.24, 2.45) is 5.84 Å². The SMILES string of the molecule is CCc1cc(C(=O)N(C)Cc2ccsc2)cc(NN)n1. The van der Waals surface area contributed by atoms with Crippen LogP contribution >= 0.6 is 11.3 Å².